The second kappa shape index (κ2) is 7.24. The van der Waals surface area contributed by atoms with E-state index in [4.69, 9.17) is 16.3 Å². The van der Waals surface area contributed by atoms with Crippen LogP contribution in [-0.2, 0) is 4.74 Å². The Morgan fingerprint density at radius 3 is 2.65 bits per heavy atom. The first-order valence-corrected chi connectivity index (χ1v) is 9.25. The number of aromatic nitrogens is 4. The van der Waals surface area contributed by atoms with Gasteiger partial charge in [-0.15, -0.1) is 0 Å². The minimum atomic E-state index is -1.21. The van der Waals surface area contributed by atoms with Gasteiger partial charge >= 0.3 is 0 Å². The van der Waals surface area contributed by atoms with Crippen LogP contribution in [-0.4, -0.2) is 65.8 Å². The van der Waals surface area contributed by atoms with Gasteiger partial charge in [0.05, 0.1) is 12.9 Å². The molecule has 9 nitrogen and oxygen atoms in total. The van der Waals surface area contributed by atoms with Gasteiger partial charge in [-0.05, 0) is 24.4 Å². The number of aliphatic hydroxyl groups is 3. The van der Waals surface area contributed by atoms with Crippen molar-refractivity contribution in [2.24, 2.45) is 0 Å². The number of fused-ring (bicyclic) bond motifs is 1. The molecule has 2 unspecified atom stereocenters. The first-order chi connectivity index (χ1) is 12.6. The molecular weight excluding hydrogens is 362 g/mol. The van der Waals surface area contributed by atoms with Gasteiger partial charge in [0.1, 0.15) is 18.3 Å². The molecule has 2 fully saturated rings. The molecule has 0 bridgehead atoms. The number of nitrogens with one attached hydrogen (secondary N) is 1. The molecule has 26 heavy (non-hydrogen) atoms. The Labute approximate surface area is 155 Å². The summed E-state index contributed by atoms with van der Waals surface area (Å²) in [4.78, 5) is 12.9. The van der Waals surface area contributed by atoms with Gasteiger partial charge in [-0.1, -0.05) is 19.3 Å². The molecule has 1 aliphatic heterocycles. The quantitative estimate of drug-likeness (QED) is 0.572. The van der Waals surface area contributed by atoms with Crippen LogP contribution < -0.4 is 5.32 Å². The first kappa shape index (κ1) is 17.9. The summed E-state index contributed by atoms with van der Waals surface area (Å²) in [6, 6.07) is 0.317. The van der Waals surface area contributed by atoms with Gasteiger partial charge in [0.25, 0.3) is 0 Å². The van der Waals surface area contributed by atoms with Crippen molar-refractivity contribution in [3.8, 4) is 0 Å². The van der Waals surface area contributed by atoms with E-state index in [1.165, 1.54) is 30.2 Å². The highest BCUT2D eigenvalue weighted by Crippen LogP contribution is 2.33. The average Bonchev–Trinajstić information content (AvgIpc) is 3.17. The summed E-state index contributed by atoms with van der Waals surface area (Å²) >= 11 is 6.10. The van der Waals surface area contributed by atoms with Crippen LogP contribution in [0.4, 0.5) is 5.82 Å². The van der Waals surface area contributed by atoms with Crippen LogP contribution in [0.25, 0.3) is 11.2 Å². The Balaban J connectivity index is 1.67. The van der Waals surface area contributed by atoms with Crippen LogP contribution in [0.5, 0.6) is 0 Å². The number of nitrogens with zero attached hydrogens (tertiary/aromatic N) is 4. The normalized spacial score (nSPS) is 30.2. The fourth-order valence-corrected chi connectivity index (χ4v) is 3.89. The third-order valence-electron chi connectivity index (χ3n) is 5.13. The highest BCUT2D eigenvalue weighted by atomic mass is 35.5. The standard InChI is InChI=1S/C16H22ClN5O4/c17-16-20-13(19-8-4-2-1-3-5-8)10-14(21-16)22(7-18-10)15-12(25)11(24)9(6-23)26-15/h7-9,11-12,15,23-25H,1-6H2,(H,19,20,21)/t9-,11?,12?,15-/m1/s1. The van der Waals surface area contributed by atoms with E-state index in [9.17, 15) is 15.3 Å². The average molecular weight is 384 g/mol. The molecule has 2 aromatic heterocycles. The molecule has 0 spiro atoms. The lowest BCUT2D eigenvalue weighted by Crippen LogP contribution is -2.33. The highest BCUT2D eigenvalue weighted by Gasteiger charge is 2.44. The Kier molecular flexibility index (Phi) is 4.98. The molecule has 4 rings (SSSR count). The smallest absolute Gasteiger partial charge is 0.226 e. The maximum absolute atomic E-state index is 10.3. The second-order valence-electron chi connectivity index (χ2n) is 6.87. The molecule has 1 aliphatic carbocycles. The Bertz CT molecular complexity index is 781. The molecule has 0 radical (unpaired) electrons. The van der Waals surface area contributed by atoms with Gasteiger partial charge < -0.3 is 25.4 Å². The molecule has 2 aliphatic rings. The fraction of sp³-hybridized carbons (Fsp3) is 0.688. The Hall–Kier alpha value is -1.52. The van der Waals surface area contributed by atoms with Crippen molar-refractivity contribution in [1.29, 1.82) is 0 Å². The lowest BCUT2D eigenvalue weighted by atomic mass is 9.95. The summed E-state index contributed by atoms with van der Waals surface area (Å²) in [5.74, 6) is 0.553. The van der Waals surface area contributed by atoms with Crippen LogP contribution in [0.15, 0.2) is 6.33 Å². The predicted molar refractivity (Wildman–Crippen MR) is 93.8 cm³/mol. The molecule has 142 valence electrons. The number of ether oxygens (including phenoxy) is 1. The molecule has 1 saturated carbocycles. The van der Waals surface area contributed by atoms with Crippen LogP contribution in [0, 0.1) is 0 Å². The van der Waals surface area contributed by atoms with E-state index < -0.39 is 31.1 Å². The van der Waals surface area contributed by atoms with Crippen molar-refractivity contribution < 1.29 is 20.1 Å². The van der Waals surface area contributed by atoms with Crippen molar-refractivity contribution in [2.75, 3.05) is 11.9 Å². The fourth-order valence-electron chi connectivity index (χ4n) is 3.73. The second-order valence-corrected chi connectivity index (χ2v) is 7.21. The minimum absolute atomic E-state index is 0.0595. The summed E-state index contributed by atoms with van der Waals surface area (Å²) in [6.45, 7) is -0.397. The van der Waals surface area contributed by atoms with Crippen molar-refractivity contribution in [1.82, 2.24) is 19.5 Å². The van der Waals surface area contributed by atoms with E-state index >= 15 is 0 Å². The largest absolute Gasteiger partial charge is 0.394 e. The van der Waals surface area contributed by atoms with E-state index in [0.717, 1.165) is 12.8 Å². The number of hydrogen-bond acceptors (Lipinski definition) is 8. The summed E-state index contributed by atoms with van der Waals surface area (Å²) in [5, 5.41) is 33.0. The molecular formula is C16H22ClN5O4. The van der Waals surface area contributed by atoms with E-state index in [1.54, 1.807) is 0 Å². The number of halogens is 1. The zero-order chi connectivity index (χ0) is 18.3. The monoisotopic (exact) mass is 383 g/mol. The van der Waals surface area contributed by atoms with Crippen LogP contribution in [0.2, 0.25) is 5.28 Å². The van der Waals surface area contributed by atoms with E-state index in [1.807, 2.05) is 0 Å². The SMILES string of the molecule is OC[C@H]1O[C@@H](n2cnc3c(NC4CCCCC4)nc(Cl)nc32)C(O)C1O. The summed E-state index contributed by atoms with van der Waals surface area (Å²) < 4.78 is 7.08. The van der Waals surface area contributed by atoms with Gasteiger partial charge in [-0.25, -0.2) is 4.98 Å². The van der Waals surface area contributed by atoms with E-state index in [-0.39, 0.29) is 5.28 Å². The van der Waals surface area contributed by atoms with Crippen molar-refractivity contribution in [2.45, 2.75) is 62.7 Å². The van der Waals surface area contributed by atoms with Gasteiger partial charge in [0.15, 0.2) is 23.2 Å². The summed E-state index contributed by atoms with van der Waals surface area (Å²) in [5.41, 5.74) is 0.927. The lowest BCUT2D eigenvalue weighted by molar-refractivity contribution is -0.0511. The molecule has 0 amide bonds. The van der Waals surface area contributed by atoms with Crippen molar-refractivity contribution in [3.05, 3.63) is 11.6 Å². The third-order valence-corrected chi connectivity index (χ3v) is 5.30. The van der Waals surface area contributed by atoms with Crippen LogP contribution in [0.3, 0.4) is 0 Å². The Morgan fingerprint density at radius 1 is 1.19 bits per heavy atom. The maximum atomic E-state index is 10.3. The third kappa shape index (κ3) is 3.14. The first-order valence-electron chi connectivity index (χ1n) is 8.87. The van der Waals surface area contributed by atoms with Crippen molar-refractivity contribution >= 4 is 28.6 Å². The molecule has 2 aromatic rings. The molecule has 4 N–H and O–H groups in total. The molecule has 4 atom stereocenters. The van der Waals surface area contributed by atoms with Gasteiger partial charge in [0, 0.05) is 6.04 Å². The molecule has 3 heterocycles. The zero-order valence-corrected chi connectivity index (χ0v) is 14.9. The van der Waals surface area contributed by atoms with Crippen LogP contribution in [0.1, 0.15) is 38.3 Å². The maximum Gasteiger partial charge on any atom is 0.226 e. The summed E-state index contributed by atoms with van der Waals surface area (Å²) in [7, 11) is 0. The number of rotatable bonds is 4. The zero-order valence-electron chi connectivity index (χ0n) is 14.1. The summed E-state index contributed by atoms with van der Waals surface area (Å²) in [6.07, 6.45) is 3.02. The van der Waals surface area contributed by atoms with Gasteiger partial charge in [0.2, 0.25) is 5.28 Å². The molecule has 10 heteroatoms. The van der Waals surface area contributed by atoms with Crippen LogP contribution >= 0.6 is 11.6 Å². The number of aliphatic hydroxyl groups excluding tert-OH is 3. The van der Waals surface area contributed by atoms with E-state index in [0.29, 0.717) is 23.0 Å². The minimum Gasteiger partial charge on any atom is -0.394 e. The number of imidazole rings is 1. The highest BCUT2D eigenvalue weighted by molar-refractivity contribution is 6.28. The molecule has 1 saturated heterocycles. The van der Waals surface area contributed by atoms with Gasteiger partial charge in [-0.2, -0.15) is 9.97 Å². The number of hydrogen-bond donors (Lipinski definition) is 4. The van der Waals surface area contributed by atoms with Crippen molar-refractivity contribution in [3.63, 3.8) is 0 Å². The van der Waals surface area contributed by atoms with Gasteiger partial charge in [-0.3, -0.25) is 4.57 Å². The Morgan fingerprint density at radius 2 is 1.96 bits per heavy atom. The lowest BCUT2D eigenvalue weighted by Gasteiger charge is -2.23. The number of anilines is 1. The topological polar surface area (TPSA) is 126 Å². The predicted octanol–water partition coefficient (Wildman–Crippen LogP) is 0.836. The molecule has 0 aromatic carbocycles. The van der Waals surface area contributed by atoms with E-state index in [2.05, 4.69) is 20.3 Å².